The summed E-state index contributed by atoms with van der Waals surface area (Å²) in [6.07, 6.45) is -0.233. The Balaban J connectivity index is 2.01. The third-order valence-electron chi connectivity index (χ3n) is 4.55. The molecule has 0 saturated heterocycles. The molecule has 2 aromatic carbocycles. The Morgan fingerprint density at radius 2 is 1.86 bits per heavy atom. The van der Waals surface area contributed by atoms with Crippen molar-refractivity contribution in [2.75, 3.05) is 13.7 Å². The van der Waals surface area contributed by atoms with E-state index >= 15 is 0 Å². The number of esters is 1. The number of nitrogens with one attached hydrogen (secondary N) is 1. The maximum atomic E-state index is 12.4. The Hall–Kier alpha value is -3.42. The Morgan fingerprint density at radius 1 is 1.17 bits per heavy atom. The lowest BCUT2D eigenvalue weighted by molar-refractivity contribution is -0.384. The van der Waals surface area contributed by atoms with Gasteiger partial charge in [-0.2, -0.15) is 0 Å². The predicted molar refractivity (Wildman–Crippen MR) is 107 cm³/mol. The topological polar surface area (TPSA) is 108 Å². The van der Waals surface area contributed by atoms with Crippen LogP contribution in [0.5, 0.6) is 5.75 Å². The van der Waals surface area contributed by atoms with Gasteiger partial charge in [0.05, 0.1) is 12.0 Å². The van der Waals surface area contributed by atoms with Gasteiger partial charge in [-0.3, -0.25) is 14.9 Å². The predicted octanol–water partition coefficient (Wildman–Crippen LogP) is 3.46. The average Bonchev–Trinajstić information content (AvgIpc) is 2.74. The molecule has 1 N–H and O–H groups in total. The Morgan fingerprint density at radius 3 is 2.45 bits per heavy atom. The number of carbonyl (C=O) groups excluding carboxylic acids is 2. The lowest BCUT2D eigenvalue weighted by atomic mass is 9.96. The van der Waals surface area contributed by atoms with Crippen LogP contribution in [0.4, 0.5) is 5.69 Å². The van der Waals surface area contributed by atoms with Crippen molar-refractivity contribution in [2.45, 2.75) is 32.3 Å². The van der Waals surface area contributed by atoms with Gasteiger partial charge in [0.1, 0.15) is 11.3 Å². The standard InChI is InChI=1S/C21H24N2O6/c1-4-15(16-8-6-5-7-9-16)13-22-20(24)14(2)29-21(25)18-12-17(23(26)27)10-11-19(18)28-3/h5-12,14-15H,4,13H2,1-3H3,(H,22,24)/t14-,15-/m0/s1. The number of nitro groups is 1. The average molecular weight is 400 g/mol. The molecule has 0 heterocycles. The SMILES string of the molecule is CC[C@@H](CNC(=O)[C@H](C)OC(=O)c1cc([N+](=O)[O-])ccc1OC)c1ccccc1. The highest BCUT2D eigenvalue weighted by Crippen LogP contribution is 2.25. The van der Waals surface area contributed by atoms with E-state index in [0.717, 1.165) is 18.1 Å². The van der Waals surface area contributed by atoms with E-state index in [9.17, 15) is 19.7 Å². The van der Waals surface area contributed by atoms with Gasteiger partial charge in [-0.05, 0) is 25.0 Å². The number of hydrogen-bond acceptors (Lipinski definition) is 6. The summed E-state index contributed by atoms with van der Waals surface area (Å²) in [5.74, 6) is -1.05. The number of methoxy groups -OCH3 is 1. The Kier molecular flexibility index (Phi) is 7.70. The van der Waals surface area contributed by atoms with Crippen molar-refractivity contribution in [3.05, 3.63) is 69.8 Å². The van der Waals surface area contributed by atoms with Gasteiger partial charge in [-0.15, -0.1) is 0 Å². The number of ether oxygens (including phenoxy) is 2. The van der Waals surface area contributed by atoms with E-state index in [-0.39, 0.29) is 22.9 Å². The summed E-state index contributed by atoms with van der Waals surface area (Å²) in [5.41, 5.74) is 0.724. The first-order chi connectivity index (χ1) is 13.9. The number of nitrogens with zero attached hydrogens (tertiary/aromatic N) is 1. The van der Waals surface area contributed by atoms with Gasteiger partial charge >= 0.3 is 5.97 Å². The molecule has 2 aromatic rings. The third-order valence-corrected chi connectivity index (χ3v) is 4.55. The van der Waals surface area contributed by atoms with Crippen LogP contribution in [-0.4, -0.2) is 36.6 Å². The quantitative estimate of drug-likeness (QED) is 0.392. The number of carbonyl (C=O) groups is 2. The van der Waals surface area contributed by atoms with Crippen molar-refractivity contribution in [2.24, 2.45) is 0 Å². The van der Waals surface area contributed by atoms with Crippen molar-refractivity contribution >= 4 is 17.6 Å². The monoisotopic (exact) mass is 400 g/mol. The zero-order valence-corrected chi connectivity index (χ0v) is 16.6. The van der Waals surface area contributed by atoms with E-state index in [1.54, 1.807) is 0 Å². The number of benzene rings is 2. The normalized spacial score (nSPS) is 12.5. The van der Waals surface area contributed by atoms with E-state index in [0.29, 0.717) is 6.54 Å². The minimum Gasteiger partial charge on any atom is -0.496 e. The van der Waals surface area contributed by atoms with Crippen LogP contribution in [0.1, 0.15) is 42.1 Å². The van der Waals surface area contributed by atoms with Crippen molar-refractivity contribution in [3.8, 4) is 5.75 Å². The highest BCUT2D eigenvalue weighted by Gasteiger charge is 2.24. The van der Waals surface area contributed by atoms with Gasteiger partial charge in [-0.1, -0.05) is 37.3 Å². The molecule has 0 aliphatic rings. The smallest absolute Gasteiger partial charge is 0.342 e. The highest BCUT2D eigenvalue weighted by molar-refractivity contribution is 5.95. The van der Waals surface area contributed by atoms with Gasteiger partial charge in [0.15, 0.2) is 6.10 Å². The molecule has 8 heteroatoms. The lowest BCUT2D eigenvalue weighted by Crippen LogP contribution is -2.38. The van der Waals surface area contributed by atoms with E-state index in [1.165, 1.54) is 26.2 Å². The summed E-state index contributed by atoms with van der Waals surface area (Å²) in [6, 6.07) is 13.4. The van der Waals surface area contributed by atoms with Crippen molar-refractivity contribution in [3.63, 3.8) is 0 Å². The lowest BCUT2D eigenvalue weighted by Gasteiger charge is -2.19. The summed E-state index contributed by atoms with van der Waals surface area (Å²) in [4.78, 5) is 35.1. The highest BCUT2D eigenvalue weighted by atomic mass is 16.6. The minimum atomic E-state index is -1.07. The van der Waals surface area contributed by atoms with Crippen LogP contribution in [0.25, 0.3) is 0 Å². The minimum absolute atomic E-state index is 0.114. The van der Waals surface area contributed by atoms with Crippen LogP contribution < -0.4 is 10.1 Å². The van der Waals surface area contributed by atoms with E-state index in [1.807, 2.05) is 37.3 Å². The fourth-order valence-corrected chi connectivity index (χ4v) is 2.84. The van der Waals surface area contributed by atoms with E-state index in [4.69, 9.17) is 9.47 Å². The molecule has 0 radical (unpaired) electrons. The number of amides is 1. The number of hydrogen-bond donors (Lipinski definition) is 1. The third kappa shape index (κ3) is 5.78. The molecule has 0 aliphatic carbocycles. The maximum absolute atomic E-state index is 12.4. The van der Waals surface area contributed by atoms with Crippen LogP contribution in [0.2, 0.25) is 0 Å². The molecule has 1 amide bonds. The molecule has 8 nitrogen and oxygen atoms in total. The van der Waals surface area contributed by atoms with Crippen molar-refractivity contribution in [1.82, 2.24) is 5.32 Å². The van der Waals surface area contributed by atoms with Gasteiger partial charge in [0.25, 0.3) is 11.6 Å². The fourth-order valence-electron chi connectivity index (χ4n) is 2.84. The molecule has 29 heavy (non-hydrogen) atoms. The molecule has 0 bridgehead atoms. The maximum Gasteiger partial charge on any atom is 0.342 e. The molecule has 2 rings (SSSR count). The summed E-state index contributed by atoms with van der Waals surface area (Å²) >= 11 is 0. The summed E-state index contributed by atoms with van der Waals surface area (Å²) < 4.78 is 10.3. The Bertz CT molecular complexity index is 869. The van der Waals surface area contributed by atoms with Crippen LogP contribution in [0.15, 0.2) is 48.5 Å². The molecule has 0 fully saturated rings. The number of non-ortho nitro benzene ring substituents is 1. The first-order valence-corrected chi connectivity index (χ1v) is 9.23. The molecule has 0 spiro atoms. The second-order valence-electron chi connectivity index (χ2n) is 6.45. The first-order valence-electron chi connectivity index (χ1n) is 9.23. The Labute approximate surface area is 169 Å². The van der Waals surface area contributed by atoms with E-state index < -0.39 is 22.9 Å². The van der Waals surface area contributed by atoms with Crippen LogP contribution in [0, 0.1) is 10.1 Å². The molecule has 0 unspecified atom stereocenters. The summed E-state index contributed by atoms with van der Waals surface area (Å²) in [6.45, 7) is 3.88. The van der Waals surface area contributed by atoms with Gasteiger partial charge < -0.3 is 14.8 Å². The van der Waals surface area contributed by atoms with Crippen molar-refractivity contribution < 1.29 is 24.0 Å². The molecule has 154 valence electrons. The number of nitro benzene ring substituents is 1. The van der Waals surface area contributed by atoms with Gasteiger partial charge in [0, 0.05) is 24.6 Å². The number of rotatable bonds is 9. The van der Waals surface area contributed by atoms with Crippen molar-refractivity contribution in [1.29, 1.82) is 0 Å². The summed E-state index contributed by atoms with van der Waals surface area (Å²) in [5, 5.41) is 13.7. The second-order valence-corrected chi connectivity index (χ2v) is 6.45. The molecule has 0 saturated carbocycles. The first kappa shape index (κ1) is 21.9. The zero-order chi connectivity index (χ0) is 21.4. The molecule has 2 atom stereocenters. The summed E-state index contributed by atoms with van der Waals surface area (Å²) in [7, 11) is 1.34. The molecular weight excluding hydrogens is 376 g/mol. The van der Waals surface area contributed by atoms with Crippen LogP contribution in [0.3, 0.4) is 0 Å². The largest absolute Gasteiger partial charge is 0.496 e. The molecule has 0 aromatic heterocycles. The molecule has 0 aliphatic heterocycles. The van der Waals surface area contributed by atoms with Crippen LogP contribution >= 0.6 is 0 Å². The fraction of sp³-hybridized carbons (Fsp3) is 0.333. The van der Waals surface area contributed by atoms with Gasteiger partial charge in [0.2, 0.25) is 0 Å². The molecular formula is C21H24N2O6. The second kappa shape index (κ2) is 10.2. The van der Waals surface area contributed by atoms with Crippen LogP contribution in [-0.2, 0) is 9.53 Å². The zero-order valence-electron chi connectivity index (χ0n) is 16.6. The van der Waals surface area contributed by atoms with Gasteiger partial charge in [-0.25, -0.2) is 4.79 Å². The van der Waals surface area contributed by atoms with E-state index in [2.05, 4.69) is 5.32 Å².